The first kappa shape index (κ1) is 18.2. The maximum Gasteiger partial charge on any atom is 0.270 e. The van der Waals surface area contributed by atoms with Crippen molar-refractivity contribution in [2.45, 2.75) is 51.5 Å². The predicted molar refractivity (Wildman–Crippen MR) is 95.4 cm³/mol. The molecule has 3 rings (SSSR count). The second-order valence-electron chi connectivity index (χ2n) is 6.60. The molecule has 0 spiro atoms. The number of rotatable bonds is 4. The molecule has 1 aromatic carbocycles. The highest BCUT2D eigenvalue weighted by molar-refractivity contribution is 5.92. The first-order chi connectivity index (χ1) is 12.5. The van der Waals surface area contributed by atoms with Gasteiger partial charge >= 0.3 is 0 Å². The van der Waals surface area contributed by atoms with Gasteiger partial charge in [-0.1, -0.05) is 31.7 Å². The van der Waals surface area contributed by atoms with E-state index in [2.05, 4.69) is 20.6 Å². The lowest BCUT2D eigenvalue weighted by Crippen LogP contribution is -2.35. The number of benzene rings is 1. The second kappa shape index (κ2) is 8.21. The van der Waals surface area contributed by atoms with Crippen molar-refractivity contribution in [3.05, 3.63) is 47.3 Å². The number of hydrogen-bond donors (Lipinski definition) is 2. The lowest BCUT2D eigenvalue weighted by atomic mass is 10.1. The van der Waals surface area contributed by atoms with Gasteiger partial charge in [0.2, 0.25) is 5.95 Å². The van der Waals surface area contributed by atoms with Crippen LogP contribution < -0.4 is 10.6 Å². The molecule has 0 bridgehead atoms. The Bertz CT molecular complexity index is 769. The van der Waals surface area contributed by atoms with E-state index in [9.17, 15) is 13.6 Å². The van der Waals surface area contributed by atoms with Gasteiger partial charge in [0, 0.05) is 11.7 Å². The average molecular weight is 360 g/mol. The molecule has 0 atom stereocenters. The number of halogens is 2. The fourth-order valence-corrected chi connectivity index (χ4v) is 3.15. The summed E-state index contributed by atoms with van der Waals surface area (Å²) < 4.78 is 27.6. The van der Waals surface area contributed by atoms with Crippen molar-refractivity contribution in [2.75, 3.05) is 5.32 Å². The van der Waals surface area contributed by atoms with Crippen LogP contribution in [0.15, 0.2) is 24.3 Å². The van der Waals surface area contributed by atoms with Gasteiger partial charge in [-0.15, -0.1) is 0 Å². The molecule has 1 aliphatic rings. The first-order valence-electron chi connectivity index (χ1n) is 8.90. The maximum absolute atomic E-state index is 13.8. The van der Waals surface area contributed by atoms with Crippen LogP contribution in [0.1, 0.15) is 54.7 Å². The van der Waals surface area contributed by atoms with Crippen molar-refractivity contribution in [2.24, 2.45) is 0 Å². The number of nitrogens with one attached hydrogen (secondary N) is 2. The monoisotopic (exact) mass is 360 g/mol. The minimum Gasteiger partial charge on any atom is -0.348 e. The van der Waals surface area contributed by atoms with Crippen molar-refractivity contribution in [1.82, 2.24) is 15.3 Å². The van der Waals surface area contributed by atoms with E-state index in [-0.39, 0.29) is 29.3 Å². The molecular weight excluding hydrogens is 338 g/mol. The molecule has 0 radical (unpaired) electrons. The number of carbonyl (C=O) groups is 1. The van der Waals surface area contributed by atoms with Crippen LogP contribution in [0.2, 0.25) is 0 Å². The molecule has 0 aliphatic heterocycles. The standard InChI is InChI=1S/C19H22F2N4O/c1-12-11-16(18(26)23-13-7-4-2-3-5-8-13)24-19(22-12)25-17-14(20)9-6-10-15(17)21/h6,9-11,13H,2-5,7-8H2,1H3,(H,23,26)(H,22,24,25). The van der Waals surface area contributed by atoms with Crippen LogP contribution in [0.25, 0.3) is 0 Å². The molecule has 138 valence electrons. The molecule has 1 saturated carbocycles. The van der Waals surface area contributed by atoms with Crippen LogP contribution >= 0.6 is 0 Å². The Morgan fingerprint density at radius 3 is 2.38 bits per heavy atom. The zero-order chi connectivity index (χ0) is 18.5. The number of aryl methyl sites for hydroxylation is 1. The minimum atomic E-state index is -0.750. The molecule has 1 aromatic heterocycles. The molecule has 1 amide bonds. The predicted octanol–water partition coefficient (Wildman–Crippen LogP) is 4.26. The number of aromatic nitrogens is 2. The Hall–Kier alpha value is -2.57. The summed E-state index contributed by atoms with van der Waals surface area (Å²) in [5.41, 5.74) is 0.375. The quantitative estimate of drug-likeness (QED) is 0.800. The highest BCUT2D eigenvalue weighted by Gasteiger charge is 2.18. The summed E-state index contributed by atoms with van der Waals surface area (Å²) in [6.45, 7) is 1.70. The normalized spacial score (nSPS) is 15.3. The van der Waals surface area contributed by atoms with Gasteiger partial charge in [-0.3, -0.25) is 4.79 Å². The fourth-order valence-electron chi connectivity index (χ4n) is 3.15. The highest BCUT2D eigenvalue weighted by atomic mass is 19.1. The fraction of sp³-hybridized carbons (Fsp3) is 0.421. The SMILES string of the molecule is Cc1cc(C(=O)NC2CCCCCC2)nc(Nc2c(F)cccc2F)n1. The molecule has 1 fully saturated rings. The molecule has 5 nitrogen and oxygen atoms in total. The molecule has 2 N–H and O–H groups in total. The van der Waals surface area contributed by atoms with Crippen LogP contribution in [-0.2, 0) is 0 Å². The number of hydrogen-bond acceptors (Lipinski definition) is 4. The Morgan fingerprint density at radius 2 is 1.73 bits per heavy atom. The number of amides is 1. The van der Waals surface area contributed by atoms with Gasteiger partial charge in [0.1, 0.15) is 23.0 Å². The summed E-state index contributed by atoms with van der Waals surface area (Å²) in [5.74, 6) is -1.81. The summed E-state index contributed by atoms with van der Waals surface area (Å²) in [6.07, 6.45) is 6.52. The van der Waals surface area contributed by atoms with Gasteiger partial charge in [0.15, 0.2) is 0 Å². The van der Waals surface area contributed by atoms with E-state index in [0.29, 0.717) is 5.69 Å². The summed E-state index contributed by atoms with van der Waals surface area (Å²) in [4.78, 5) is 20.8. The Balaban J connectivity index is 1.77. The number of nitrogens with zero attached hydrogens (tertiary/aromatic N) is 2. The summed E-state index contributed by atoms with van der Waals surface area (Å²) in [7, 11) is 0. The van der Waals surface area contributed by atoms with E-state index in [1.54, 1.807) is 13.0 Å². The molecule has 1 aliphatic carbocycles. The van der Waals surface area contributed by atoms with Gasteiger partial charge in [-0.05, 0) is 38.0 Å². The summed E-state index contributed by atoms with van der Waals surface area (Å²) >= 11 is 0. The third-order valence-corrected chi connectivity index (χ3v) is 4.48. The van der Waals surface area contributed by atoms with Gasteiger partial charge in [-0.25, -0.2) is 18.7 Å². The molecule has 0 unspecified atom stereocenters. The van der Waals surface area contributed by atoms with Gasteiger partial charge < -0.3 is 10.6 Å². The lowest BCUT2D eigenvalue weighted by molar-refractivity contribution is 0.0928. The van der Waals surface area contributed by atoms with E-state index in [0.717, 1.165) is 37.8 Å². The van der Waals surface area contributed by atoms with E-state index in [4.69, 9.17) is 0 Å². The Labute approximate surface area is 151 Å². The smallest absolute Gasteiger partial charge is 0.270 e. The molecule has 7 heteroatoms. The third kappa shape index (κ3) is 4.53. The van der Waals surface area contributed by atoms with Gasteiger partial charge in [-0.2, -0.15) is 0 Å². The van der Waals surface area contributed by atoms with Crippen LogP contribution in [0.4, 0.5) is 20.4 Å². The first-order valence-corrected chi connectivity index (χ1v) is 8.90. The van der Waals surface area contributed by atoms with Crippen molar-refractivity contribution >= 4 is 17.5 Å². The number of carbonyl (C=O) groups excluding carboxylic acids is 1. The number of anilines is 2. The topological polar surface area (TPSA) is 66.9 Å². The van der Waals surface area contributed by atoms with Crippen LogP contribution in [0.3, 0.4) is 0 Å². The van der Waals surface area contributed by atoms with E-state index in [1.165, 1.54) is 18.9 Å². The van der Waals surface area contributed by atoms with Crippen molar-refractivity contribution < 1.29 is 13.6 Å². The zero-order valence-corrected chi connectivity index (χ0v) is 14.7. The highest BCUT2D eigenvalue weighted by Crippen LogP contribution is 2.22. The number of para-hydroxylation sites is 1. The molecule has 2 aromatic rings. The average Bonchev–Trinajstić information content (AvgIpc) is 2.86. The Kier molecular flexibility index (Phi) is 5.75. The zero-order valence-electron chi connectivity index (χ0n) is 14.7. The minimum absolute atomic E-state index is 0.0139. The van der Waals surface area contributed by atoms with Gasteiger partial charge in [0.05, 0.1) is 0 Å². The van der Waals surface area contributed by atoms with Crippen molar-refractivity contribution in [1.29, 1.82) is 0 Å². The molecular formula is C19H22F2N4O. The maximum atomic E-state index is 13.8. The van der Waals surface area contributed by atoms with E-state index >= 15 is 0 Å². The van der Waals surface area contributed by atoms with E-state index < -0.39 is 11.6 Å². The second-order valence-corrected chi connectivity index (χ2v) is 6.60. The van der Waals surface area contributed by atoms with Crippen LogP contribution in [0, 0.1) is 18.6 Å². The van der Waals surface area contributed by atoms with Crippen LogP contribution in [-0.4, -0.2) is 21.9 Å². The largest absolute Gasteiger partial charge is 0.348 e. The van der Waals surface area contributed by atoms with Crippen molar-refractivity contribution in [3.63, 3.8) is 0 Å². The van der Waals surface area contributed by atoms with Crippen molar-refractivity contribution in [3.8, 4) is 0 Å². The van der Waals surface area contributed by atoms with Gasteiger partial charge in [0.25, 0.3) is 5.91 Å². The molecule has 0 saturated heterocycles. The van der Waals surface area contributed by atoms with Crippen LogP contribution in [0.5, 0.6) is 0 Å². The summed E-state index contributed by atoms with van der Waals surface area (Å²) in [5, 5.41) is 5.55. The van der Waals surface area contributed by atoms with E-state index in [1.807, 2.05) is 0 Å². The summed E-state index contributed by atoms with van der Waals surface area (Å²) in [6, 6.07) is 5.26. The Morgan fingerprint density at radius 1 is 1.08 bits per heavy atom. The molecule has 26 heavy (non-hydrogen) atoms. The lowest BCUT2D eigenvalue weighted by Gasteiger charge is -2.16. The third-order valence-electron chi connectivity index (χ3n) is 4.48. The molecule has 1 heterocycles.